The lowest BCUT2D eigenvalue weighted by Crippen LogP contribution is -2.07. The zero-order valence-electron chi connectivity index (χ0n) is 11.0. The highest BCUT2D eigenvalue weighted by atomic mass is 79.9. The van der Waals surface area contributed by atoms with Crippen LogP contribution in [0.5, 0.6) is 0 Å². The van der Waals surface area contributed by atoms with Crippen molar-refractivity contribution in [3.63, 3.8) is 0 Å². The van der Waals surface area contributed by atoms with Gasteiger partial charge in [-0.3, -0.25) is 0 Å². The Morgan fingerprint density at radius 2 is 1.79 bits per heavy atom. The number of hydrogen-bond acceptors (Lipinski definition) is 3. The van der Waals surface area contributed by atoms with Crippen LogP contribution in [0.4, 0.5) is 22.0 Å². The fourth-order valence-corrected chi connectivity index (χ4v) is 3.66. The van der Waals surface area contributed by atoms with E-state index < -0.39 is 27.5 Å². The average molecular weight is 467 g/mol. The van der Waals surface area contributed by atoms with Gasteiger partial charge in [-0.15, -0.1) is 0 Å². The molecule has 0 N–H and O–H groups in total. The van der Waals surface area contributed by atoms with Crippen molar-refractivity contribution in [2.24, 2.45) is 0 Å². The first-order chi connectivity index (χ1) is 11.1. The number of aromatic nitrogens is 2. The normalized spacial score (nSPS) is 11.8. The third-order valence-electron chi connectivity index (χ3n) is 2.66. The molecule has 12 heteroatoms. The Balaban J connectivity index is 2.66. The van der Waals surface area contributed by atoms with Gasteiger partial charge in [-0.05, 0) is 39.8 Å². The van der Waals surface area contributed by atoms with Crippen LogP contribution < -0.4 is 0 Å². The number of thioether (sulfide) groups is 1. The maximum absolute atomic E-state index is 12.7. The molecule has 0 saturated carbocycles. The number of nitriles is 1. The minimum Gasteiger partial charge on any atom is -0.221 e. The molecular weight excluding hydrogens is 464 g/mol. The number of alkyl halides is 5. The van der Waals surface area contributed by atoms with Crippen molar-refractivity contribution in [3.8, 4) is 11.8 Å². The van der Waals surface area contributed by atoms with Crippen LogP contribution in [-0.4, -0.2) is 15.5 Å². The van der Waals surface area contributed by atoms with Crippen molar-refractivity contribution in [1.29, 1.82) is 5.26 Å². The molecule has 0 atom stereocenters. The number of nitrogens with zero attached hydrogens (tertiary/aromatic N) is 3. The van der Waals surface area contributed by atoms with Gasteiger partial charge in [0, 0.05) is 0 Å². The van der Waals surface area contributed by atoms with Crippen LogP contribution in [-0.2, 0) is 6.18 Å². The standard InChI is InChI=1S/C12H3BrCl2F5N3S/c13-10-9(24-11(16)17)7(3-21)22-23(10)8-5(14)1-4(2-6(8)15)12(18,19)20/h1-2,11H. The molecule has 0 fully saturated rings. The smallest absolute Gasteiger partial charge is 0.221 e. The number of benzene rings is 1. The molecule has 24 heavy (non-hydrogen) atoms. The molecule has 0 aliphatic carbocycles. The van der Waals surface area contributed by atoms with Crippen LogP contribution in [0.1, 0.15) is 11.3 Å². The summed E-state index contributed by atoms with van der Waals surface area (Å²) in [6.45, 7) is 0. The van der Waals surface area contributed by atoms with Gasteiger partial charge in [0.15, 0.2) is 5.69 Å². The summed E-state index contributed by atoms with van der Waals surface area (Å²) in [5.41, 5.74) is -1.60. The van der Waals surface area contributed by atoms with Gasteiger partial charge in [-0.25, -0.2) is 4.68 Å². The van der Waals surface area contributed by atoms with Crippen LogP contribution in [0.2, 0.25) is 10.0 Å². The molecule has 0 amide bonds. The van der Waals surface area contributed by atoms with E-state index in [-0.39, 0.29) is 32.6 Å². The predicted octanol–water partition coefficient (Wildman–Crippen LogP) is 6.15. The Morgan fingerprint density at radius 3 is 2.21 bits per heavy atom. The second kappa shape index (κ2) is 7.07. The lowest BCUT2D eigenvalue weighted by atomic mass is 10.2. The fourth-order valence-electron chi connectivity index (χ4n) is 1.73. The number of hydrogen-bond donors (Lipinski definition) is 0. The summed E-state index contributed by atoms with van der Waals surface area (Å²) in [5, 5.41) is 11.9. The van der Waals surface area contributed by atoms with Crippen LogP contribution in [0.15, 0.2) is 21.6 Å². The van der Waals surface area contributed by atoms with Crippen molar-refractivity contribution in [3.05, 3.63) is 38.0 Å². The van der Waals surface area contributed by atoms with Gasteiger partial charge >= 0.3 is 6.18 Å². The summed E-state index contributed by atoms with van der Waals surface area (Å²) in [7, 11) is 0. The lowest BCUT2D eigenvalue weighted by molar-refractivity contribution is -0.137. The Bertz CT molecular complexity index is 808. The molecule has 2 rings (SSSR count). The third kappa shape index (κ3) is 3.79. The first-order valence-electron chi connectivity index (χ1n) is 5.76. The van der Waals surface area contributed by atoms with E-state index in [1.54, 1.807) is 6.07 Å². The summed E-state index contributed by atoms with van der Waals surface area (Å²) in [5.74, 6) is -2.83. The Labute approximate surface area is 154 Å². The van der Waals surface area contributed by atoms with Crippen molar-refractivity contribution in [2.75, 3.05) is 0 Å². The van der Waals surface area contributed by atoms with E-state index in [1.165, 1.54) is 0 Å². The molecule has 0 saturated heterocycles. The summed E-state index contributed by atoms with van der Waals surface area (Å²) in [4.78, 5) is -0.181. The molecule has 1 aromatic heterocycles. The molecule has 0 aliphatic heterocycles. The summed E-state index contributed by atoms with van der Waals surface area (Å²) in [6.07, 6.45) is -4.67. The first-order valence-corrected chi connectivity index (χ1v) is 8.19. The fraction of sp³-hybridized carbons (Fsp3) is 0.167. The highest BCUT2D eigenvalue weighted by Gasteiger charge is 2.33. The Morgan fingerprint density at radius 1 is 1.25 bits per heavy atom. The first kappa shape index (κ1) is 19.3. The summed E-state index contributed by atoms with van der Waals surface area (Å²) in [6, 6.07) is 2.88. The van der Waals surface area contributed by atoms with Crippen LogP contribution >= 0.6 is 50.9 Å². The lowest BCUT2D eigenvalue weighted by Gasteiger charge is -2.13. The van der Waals surface area contributed by atoms with Crippen LogP contribution in [0.3, 0.4) is 0 Å². The largest absolute Gasteiger partial charge is 0.416 e. The Kier molecular flexibility index (Phi) is 5.69. The van der Waals surface area contributed by atoms with E-state index in [9.17, 15) is 22.0 Å². The monoisotopic (exact) mass is 465 g/mol. The second-order valence-electron chi connectivity index (χ2n) is 4.16. The zero-order valence-corrected chi connectivity index (χ0v) is 14.9. The molecule has 0 spiro atoms. The summed E-state index contributed by atoms with van der Waals surface area (Å²) < 4.78 is 64.2. The van der Waals surface area contributed by atoms with Crippen molar-refractivity contribution >= 4 is 50.9 Å². The van der Waals surface area contributed by atoms with Crippen LogP contribution in [0.25, 0.3) is 5.69 Å². The molecule has 1 heterocycles. The summed E-state index contributed by atoms with van der Waals surface area (Å²) >= 11 is 14.8. The second-order valence-corrected chi connectivity index (χ2v) is 6.72. The molecule has 2 aromatic rings. The molecule has 0 radical (unpaired) electrons. The van der Waals surface area contributed by atoms with Gasteiger partial charge in [0.05, 0.1) is 20.5 Å². The molecular formula is C12H3BrCl2F5N3S. The average Bonchev–Trinajstić information content (AvgIpc) is 2.74. The highest BCUT2D eigenvalue weighted by Crippen LogP contribution is 2.41. The van der Waals surface area contributed by atoms with Gasteiger partial charge in [-0.1, -0.05) is 23.2 Å². The molecule has 1 aromatic carbocycles. The van der Waals surface area contributed by atoms with Gasteiger partial charge in [0.2, 0.25) is 0 Å². The highest BCUT2D eigenvalue weighted by molar-refractivity contribution is 9.10. The topological polar surface area (TPSA) is 41.6 Å². The maximum atomic E-state index is 12.7. The van der Waals surface area contributed by atoms with Crippen molar-refractivity contribution in [1.82, 2.24) is 9.78 Å². The quantitative estimate of drug-likeness (QED) is 0.402. The number of rotatable bonds is 3. The molecule has 0 unspecified atom stereocenters. The van der Waals surface area contributed by atoms with Crippen LogP contribution in [0, 0.1) is 11.3 Å². The van der Waals surface area contributed by atoms with E-state index >= 15 is 0 Å². The van der Waals surface area contributed by atoms with E-state index in [0.29, 0.717) is 12.1 Å². The van der Waals surface area contributed by atoms with E-state index in [4.69, 9.17) is 28.5 Å². The SMILES string of the molecule is N#Cc1nn(-c2c(Cl)cc(C(F)(F)F)cc2Cl)c(Br)c1SC(F)F. The van der Waals surface area contributed by atoms with Crippen molar-refractivity contribution in [2.45, 2.75) is 16.8 Å². The minimum absolute atomic E-state index is 0.0587. The van der Waals surface area contributed by atoms with Gasteiger partial charge in [0.25, 0.3) is 5.76 Å². The molecule has 3 nitrogen and oxygen atoms in total. The zero-order chi connectivity index (χ0) is 18.2. The maximum Gasteiger partial charge on any atom is 0.416 e. The van der Waals surface area contributed by atoms with Gasteiger partial charge in [-0.2, -0.15) is 32.3 Å². The molecule has 0 bridgehead atoms. The molecule has 128 valence electrons. The van der Waals surface area contributed by atoms with E-state index in [2.05, 4.69) is 21.0 Å². The van der Waals surface area contributed by atoms with Gasteiger partial charge in [0.1, 0.15) is 16.4 Å². The Hall–Kier alpha value is -1.02. The van der Waals surface area contributed by atoms with Crippen molar-refractivity contribution < 1.29 is 22.0 Å². The van der Waals surface area contributed by atoms with Gasteiger partial charge < -0.3 is 0 Å². The minimum atomic E-state index is -4.67. The number of halogens is 8. The third-order valence-corrected chi connectivity index (χ3v) is 5.03. The molecule has 0 aliphatic rings. The predicted molar refractivity (Wildman–Crippen MR) is 82.9 cm³/mol. The van der Waals surface area contributed by atoms with E-state index in [1.807, 2.05) is 0 Å². The van der Waals surface area contributed by atoms with E-state index in [0.717, 1.165) is 4.68 Å².